The van der Waals surface area contributed by atoms with Crippen LogP contribution in [0.1, 0.15) is 53.5 Å². The van der Waals surface area contributed by atoms with Crippen molar-refractivity contribution in [2.24, 2.45) is 0 Å². The molecule has 0 radical (unpaired) electrons. The van der Waals surface area contributed by atoms with Crippen molar-refractivity contribution in [3.63, 3.8) is 0 Å². The Kier molecular flexibility index (Phi) is 6.80. The van der Waals surface area contributed by atoms with E-state index in [0.717, 1.165) is 41.2 Å². The van der Waals surface area contributed by atoms with E-state index in [1.807, 2.05) is 0 Å². The third-order valence-electron chi connectivity index (χ3n) is 11.5. The number of hydrogen-bond donors (Lipinski definition) is 0. The average molecular weight is 687 g/mol. The van der Waals surface area contributed by atoms with E-state index in [1.54, 1.807) is 0 Å². The first-order valence-corrected chi connectivity index (χ1v) is 18.6. The number of likely N-dealkylation sites (N-methyl/N-ethyl adjacent to an activating group) is 1. The van der Waals surface area contributed by atoms with E-state index in [0.29, 0.717) is 0 Å². The van der Waals surface area contributed by atoms with Crippen molar-refractivity contribution >= 4 is 11.4 Å². The van der Waals surface area contributed by atoms with Crippen LogP contribution in [-0.2, 0) is 0 Å². The molecule has 5 aliphatic rings. The predicted molar refractivity (Wildman–Crippen MR) is 212 cm³/mol. The number of allylic oxidation sites excluding steroid dienone is 3. The van der Waals surface area contributed by atoms with Gasteiger partial charge in [-0.1, -0.05) is 133 Å². The van der Waals surface area contributed by atoms with Gasteiger partial charge < -0.3 is 14.5 Å². The van der Waals surface area contributed by atoms with E-state index in [2.05, 4.69) is 197 Å². The Hall–Kier alpha value is -6.30. The minimum absolute atomic E-state index is 0.00974. The van der Waals surface area contributed by atoms with Crippen LogP contribution in [0, 0.1) is 0 Å². The predicted octanol–water partition coefficient (Wildman–Crippen LogP) is 11.5. The van der Waals surface area contributed by atoms with Crippen LogP contribution in [-0.4, -0.2) is 22.0 Å². The van der Waals surface area contributed by atoms with E-state index in [4.69, 9.17) is 4.74 Å². The second-order valence-electron chi connectivity index (χ2n) is 14.5. The second kappa shape index (κ2) is 11.9. The zero-order chi connectivity index (χ0) is 35.0. The van der Waals surface area contributed by atoms with Crippen LogP contribution in [0.25, 0.3) is 28.0 Å². The molecule has 6 aromatic carbocycles. The van der Waals surface area contributed by atoms with Crippen LogP contribution in [0.2, 0.25) is 0 Å². The van der Waals surface area contributed by atoms with E-state index >= 15 is 0 Å². The number of nitrogens with zero attached hydrogens (tertiary/aromatic N) is 4. The molecular formula is C48H38N4O. The van der Waals surface area contributed by atoms with Crippen molar-refractivity contribution in [3.8, 4) is 33.8 Å². The van der Waals surface area contributed by atoms with Crippen molar-refractivity contribution in [1.29, 1.82) is 0 Å². The average Bonchev–Trinajstić information content (AvgIpc) is 3.77. The summed E-state index contributed by atoms with van der Waals surface area (Å²) in [5, 5.41) is 5.00. The number of para-hydroxylation sites is 3. The minimum Gasteiger partial charge on any atom is -0.454 e. The lowest BCUT2D eigenvalue weighted by molar-refractivity contribution is 0.348. The highest BCUT2D eigenvalue weighted by molar-refractivity contribution is 5.79. The Morgan fingerprint density at radius 2 is 1.32 bits per heavy atom. The molecule has 256 valence electrons. The highest BCUT2D eigenvalue weighted by Crippen LogP contribution is 2.59. The van der Waals surface area contributed by atoms with Gasteiger partial charge in [-0.2, -0.15) is 5.01 Å². The number of ether oxygens (including phenoxy) is 1. The molecule has 0 amide bonds. The number of benzene rings is 6. The van der Waals surface area contributed by atoms with Crippen LogP contribution in [0.3, 0.4) is 0 Å². The molecule has 0 bridgehead atoms. The van der Waals surface area contributed by atoms with Gasteiger partial charge in [-0.25, -0.2) is 0 Å². The molecular weight excluding hydrogens is 649 g/mol. The van der Waals surface area contributed by atoms with E-state index in [1.165, 1.54) is 50.5 Å². The normalized spacial score (nSPS) is 21.9. The molecule has 5 heteroatoms. The SMILES string of the molecule is CN1C2=C(CCC=C2)N2c3ccccc3Oc3c(-c4cccc(C5N6C(c7ccccc7)=CC(c7cccc(-c8ccccc8)c7)[N@]56)c4)cccc3C12. The number of fused-ring (bicyclic) bond motifs is 7. The van der Waals surface area contributed by atoms with Gasteiger partial charge in [0.25, 0.3) is 0 Å². The zero-order valence-electron chi connectivity index (χ0n) is 29.5. The van der Waals surface area contributed by atoms with Crippen LogP contribution >= 0.6 is 0 Å². The largest absolute Gasteiger partial charge is 0.454 e. The lowest BCUT2D eigenvalue weighted by Crippen LogP contribution is -2.30. The molecule has 0 saturated carbocycles. The fourth-order valence-electron chi connectivity index (χ4n) is 9.04. The van der Waals surface area contributed by atoms with Crippen LogP contribution in [0.15, 0.2) is 181 Å². The van der Waals surface area contributed by atoms with Crippen molar-refractivity contribution in [1.82, 2.24) is 14.9 Å². The second-order valence-corrected chi connectivity index (χ2v) is 14.5. The first-order chi connectivity index (χ1) is 26.2. The lowest BCUT2D eigenvalue weighted by Gasteiger charge is -2.32. The Labute approximate surface area is 310 Å². The summed E-state index contributed by atoms with van der Waals surface area (Å²) in [6.45, 7) is 0. The van der Waals surface area contributed by atoms with Crippen molar-refractivity contribution in [2.45, 2.75) is 31.2 Å². The molecule has 3 unspecified atom stereocenters. The summed E-state index contributed by atoms with van der Waals surface area (Å²) in [5.41, 5.74) is 14.7. The summed E-state index contributed by atoms with van der Waals surface area (Å²) in [6.07, 6.45) is 9.21. The maximum Gasteiger partial charge on any atom is 0.151 e. The van der Waals surface area contributed by atoms with Crippen LogP contribution in [0.5, 0.6) is 11.5 Å². The van der Waals surface area contributed by atoms with Gasteiger partial charge in [0.05, 0.1) is 23.1 Å². The number of rotatable bonds is 5. The van der Waals surface area contributed by atoms with E-state index < -0.39 is 0 Å². The molecule has 1 fully saturated rings. The van der Waals surface area contributed by atoms with E-state index in [-0.39, 0.29) is 18.4 Å². The quantitative estimate of drug-likeness (QED) is 0.168. The summed E-state index contributed by atoms with van der Waals surface area (Å²) < 4.78 is 7.00. The van der Waals surface area contributed by atoms with Gasteiger partial charge in [-0.3, -0.25) is 5.01 Å². The fraction of sp³-hybridized carbons (Fsp3) is 0.125. The number of hydrogen-bond acceptors (Lipinski definition) is 5. The summed E-state index contributed by atoms with van der Waals surface area (Å²) in [7, 11) is 2.22. The molecule has 6 aromatic rings. The summed E-state index contributed by atoms with van der Waals surface area (Å²) in [5.74, 6) is 1.82. The Balaban J connectivity index is 0.992. The highest BCUT2D eigenvalue weighted by atomic mass is 16.5. The molecule has 53 heavy (non-hydrogen) atoms. The molecule has 0 aromatic heterocycles. The maximum absolute atomic E-state index is 7.00. The summed E-state index contributed by atoms with van der Waals surface area (Å²) >= 11 is 0. The maximum atomic E-state index is 7.00. The Morgan fingerprint density at radius 1 is 0.623 bits per heavy atom. The fourth-order valence-corrected chi connectivity index (χ4v) is 9.04. The van der Waals surface area contributed by atoms with Crippen LogP contribution < -0.4 is 9.64 Å². The molecule has 4 aliphatic heterocycles. The first kappa shape index (κ1) is 30.3. The Bertz CT molecular complexity index is 2500. The standard InChI is InChI=1S/C48H38N4O/c1-49-40-25-8-9-26-41(40)50-42-27-10-11-28-45(42)53-46-38(23-14-24-39(46)48(49)50)35-20-13-22-37(30-35)47-51-43(33-17-6-3-7-18-33)31-44(52(47)51)36-21-12-19-34(29-36)32-15-4-2-5-16-32/h2-8,10-25,27-31,44,47-48H,9,26H2,1H3/t44?,47?,48?,51?,52-/m1/s1. The van der Waals surface area contributed by atoms with Gasteiger partial charge in [0.1, 0.15) is 18.1 Å². The molecule has 5 nitrogen and oxygen atoms in total. The summed E-state index contributed by atoms with van der Waals surface area (Å²) in [6, 6.07) is 54.9. The van der Waals surface area contributed by atoms with Crippen molar-refractivity contribution in [3.05, 3.63) is 204 Å². The number of hydrazine groups is 1. The van der Waals surface area contributed by atoms with Gasteiger partial charge in [-0.05, 0) is 82.6 Å². The minimum atomic E-state index is 0.00974. The highest BCUT2D eigenvalue weighted by Gasteiger charge is 2.56. The van der Waals surface area contributed by atoms with Crippen LogP contribution in [0.4, 0.5) is 5.69 Å². The Morgan fingerprint density at radius 3 is 2.17 bits per heavy atom. The van der Waals surface area contributed by atoms with E-state index in [9.17, 15) is 0 Å². The van der Waals surface area contributed by atoms with Gasteiger partial charge in [0, 0.05) is 23.9 Å². The monoisotopic (exact) mass is 686 g/mol. The molecule has 0 N–H and O–H groups in total. The molecule has 11 rings (SSSR count). The molecule has 4 atom stereocenters. The third kappa shape index (κ3) is 4.74. The first-order valence-electron chi connectivity index (χ1n) is 18.6. The van der Waals surface area contributed by atoms with Gasteiger partial charge in [-0.15, -0.1) is 0 Å². The summed E-state index contributed by atoms with van der Waals surface area (Å²) in [4.78, 5) is 4.93. The zero-order valence-corrected chi connectivity index (χ0v) is 29.5. The lowest BCUT2D eigenvalue weighted by atomic mass is 9.96. The number of anilines is 1. The topological polar surface area (TPSA) is 21.7 Å². The van der Waals surface area contributed by atoms with Crippen molar-refractivity contribution < 1.29 is 4.74 Å². The molecule has 0 spiro atoms. The molecule has 4 heterocycles. The third-order valence-corrected chi connectivity index (χ3v) is 11.5. The van der Waals surface area contributed by atoms with Gasteiger partial charge >= 0.3 is 0 Å². The van der Waals surface area contributed by atoms with Crippen molar-refractivity contribution in [2.75, 3.05) is 11.9 Å². The van der Waals surface area contributed by atoms with Gasteiger partial charge in [0.2, 0.25) is 0 Å². The smallest absolute Gasteiger partial charge is 0.151 e. The molecule has 1 aliphatic carbocycles. The van der Waals surface area contributed by atoms with Gasteiger partial charge in [0.15, 0.2) is 5.75 Å². The molecule has 1 saturated heterocycles.